The van der Waals surface area contributed by atoms with E-state index in [1.165, 1.54) is 11.9 Å². The van der Waals surface area contributed by atoms with Gasteiger partial charge in [0.15, 0.2) is 0 Å². The number of rotatable bonds is 1. The van der Waals surface area contributed by atoms with Crippen LogP contribution in [0.3, 0.4) is 0 Å². The highest BCUT2D eigenvalue weighted by molar-refractivity contribution is 6.23. The average Bonchev–Trinajstić information content (AvgIpc) is 2.69. The lowest BCUT2D eigenvalue weighted by atomic mass is 10.2. The summed E-state index contributed by atoms with van der Waals surface area (Å²) in [5.41, 5.74) is 1.17. The molecule has 10 heavy (non-hydrogen) atoms. The quantitative estimate of drug-likeness (QED) is 0.574. The lowest BCUT2D eigenvalue weighted by Crippen LogP contribution is -1.84. The fourth-order valence-corrected chi connectivity index (χ4v) is 1.35. The van der Waals surface area contributed by atoms with Crippen LogP contribution in [0.15, 0.2) is 18.7 Å². The summed E-state index contributed by atoms with van der Waals surface area (Å²) in [6.45, 7) is 0. The fourth-order valence-electron chi connectivity index (χ4n) is 1.01. The Morgan fingerprint density at radius 1 is 1.40 bits per heavy atom. The van der Waals surface area contributed by atoms with Crippen LogP contribution in [-0.2, 0) is 0 Å². The van der Waals surface area contributed by atoms with Crippen molar-refractivity contribution < 1.29 is 0 Å². The molecule has 0 saturated heterocycles. The molecular formula is C7H7ClN2. The summed E-state index contributed by atoms with van der Waals surface area (Å²) in [6.07, 6.45) is 6.28. The fraction of sp³-hybridized carbons (Fsp3) is 0.429. The highest BCUT2D eigenvalue weighted by atomic mass is 35.5. The van der Waals surface area contributed by atoms with Gasteiger partial charge in [-0.3, -0.25) is 0 Å². The Morgan fingerprint density at radius 3 is 2.50 bits per heavy atom. The molecule has 0 spiro atoms. The molecule has 52 valence electrons. The van der Waals surface area contributed by atoms with Crippen LogP contribution >= 0.6 is 11.6 Å². The van der Waals surface area contributed by atoms with Crippen molar-refractivity contribution in [2.75, 3.05) is 0 Å². The van der Waals surface area contributed by atoms with E-state index in [2.05, 4.69) is 9.97 Å². The Bertz CT molecular complexity index is 224. The number of halogens is 1. The van der Waals surface area contributed by atoms with Crippen LogP contribution in [0.2, 0.25) is 0 Å². The summed E-state index contributed by atoms with van der Waals surface area (Å²) >= 11 is 5.83. The van der Waals surface area contributed by atoms with E-state index in [-0.39, 0.29) is 0 Å². The van der Waals surface area contributed by atoms with Crippen LogP contribution in [0.1, 0.15) is 17.9 Å². The lowest BCUT2D eigenvalue weighted by molar-refractivity contribution is 1.04. The molecule has 0 aromatic carbocycles. The van der Waals surface area contributed by atoms with Crippen LogP contribution in [0.5, 0.6) is 0 Å². The number of nitrogens with zero attached hydrogens (tertiary/aromatic N) is 2. The Kier molecular flexibility index (Phi) is 1.34. The molecule has 1 fully saturated rings. The second-order valence-corrected chi connectivity index (χ2v) is 3.09. The van der Waals surface area contributed by atoms with Gasteiger partial charge < -0.3 is 0 Å². The van der Waals surface area contributed by atoms with Crippen molar-refractivity contribution in [1.82, 2.24) is 9.97 Å². The van der Waals surface area contributed by atoms with E-state index in [4.69, 9.17) is 11.6 Å². The molecule has 1 aromatic heterocycles. The first-order chi connectivity index (χ1) is 4.88. The molecule has 2 unspecified atom stereocenters. The standard InChI is InChI=1S/C7H7ClN2/c8-7-1-6(7)5-2-9-4-10-3-5/h2-4,6-7H,1H2. The Hall–Kier alpha value is -0.630. The van der Waals surface area contributed by atoms with Crippen molar-refractivity contribution in [3.63, 3.8) is 0 Å². The first-order valence-electron chi connectivity index (χ1n) is 3.27. The van der Waals surface area contributed by atoms with E-state index in [0.29, 0.717) is 11.3 Å². The molecule has 2 atom stereocenters. The second kappa shape index (κ2) is 2.20. The first-order valence-corrected chi connectivity index (χ1v) is 3.70. The summed E-state index contributed by atoms with van der Waals surface area (Å²) in [5.74, 6) is 0.517. The zero-order chi connectivity index (χ0) is 6.97. The first kappa shape index (κ1) is 6.10. The molecule has 0 aliphatic heterocycles. The van der Waals surface area contributed by atoms with Gasteiger partial charge in [0.1, 0.15) is 6.33 Å². The Labute approximate surface area is 64.3 Å². The smallest absolute Gasteiger partial charge is 0.115 e. The molecule has 1 aliphatic carbocycles. The van der Waals surface area contributed by atoms with Crippen LogP contribution in [0, 0.1) is 0 Å². The molecule has 0 bridgehead atoms. The van der Waals surface area contributed by atoms with E-state index in [1.54, 1.807) is 0 Å². The van der Waals surface area contributed by atoms with E-state index in [9.17, 15) is 0 Å². The highest BCUT2D eigenvalue weighted by Crippen LogP contribution is 2.44. The molecule has 1 heterocycles. The van der Waals surface area contributed by atoms with Crippen molar-refractivity contribution in [2.24, 2.45) is 0 Å². The van der Waals surface area contributed by atoms with Gasteiger partial charge in [-0.1, -0.05) is 0 Å². The van der Waals surface area contributed by atoms with Crippen molar-refractivity contribution in [1.29, 1.82) is 0 Å². The van der Waals surface area contributed by atoms with Crippen LogP contribution < -0.4 is 0 Å². The number of aromatic nitrogens is 2. The Morgan fingerprint density at radius 2 is 2.00 bits per heavy atom. The monoisotopic (exact) mass is 154 g/mol. The normalized spacial score (nSPS) is 30.1. The molecule has 0 radical (unpaired) electrons. The third-order valence-electron chi connectivity index (χ3n) is 1.72. The number of hydrogen-bond donors (Lipinski definition) is 0. The molecular weight excluding hydrogens is 148 g/mol. The summed E-state index contributed by atoms with van der Waals surface area (Å²) in [6, 6.07) is 0. The van der Waals surface area contributed by atoms with Gasteiger partial charge in [-0.15, -0.1) is 11.6 Å². The number of hydrogen-bond acceptors (Lipinski definition) is 2. The zero-order valence-corrected chi connectivity index (χ0v) is 6.12. The minimum atomic E-state index is 0.325. The topological polar surface area (TPSA) is 25.8 Å². The Balaban J connectivity index is 2.20. The minimum Gasteiger partial charge on any atom is -0.245 e. The third-order valence-corrected chi connectivity index (χ3v) is 2.20. The van der Waals surface area contributed by atoms with Crippen molar-refractivity contribution in [2.45, 2.75) is 17.7 Å². The second-order valence-electron chi connectivity index (χ2n) is 2.53. The third kappa shape index (κ3) is 0.991. The summed E-state index contributed by atoms with van der Waals surface area (Å²) in [5, 5.41) is 0.325. The maximum atomic E-state index is 5.83. The predicted octanol–water partition coefficient (Wildman–Crippen LogP) is 1.57. The van der Waals surface area contributed by atoms with E-state index >= 15 is 0 Å². The van der Waals surface area contributed by atoms with Crippen molar-refractivity contribution >= 4 is 11.6 Å². The molecule has 1 aliphatic rings. The van der Waals surface area contributed by atoms with Crippen molar-refractivity contribution in [3.8, 4) is 0 Å². The van der Waals surface area contributed by atoms with Gasteiger partial charge in [-0.2, -0.15) is 0 Å². The molecule has 0 amide bonds. The molecule has 1 aromatic rings. The van der Waals surface area contributed by atoms with Gasteiger partial charge in [0.2, 0.25) is 0 Å². The summed E-state index contributed by atoms with van der Waals surface area (Å²) < 4.78 is 0. The average molecular weight is 155 g/mol. The SMILES string of the molecule is ClC1CC1c1cncnc1. The van der Waals surface area contributed by atoms with Gasteiger partial charge in [0.25, 0.3) is 0 Å². The maximum Gasteiger partial charge on any atom is 0.115 e. The van der Waals surface area contributed by atoms with Gasteiger partial charge >= 0.3 is 0 Å². The van der Waals surface area contributed by atoms with Gasteiger partial charge in [0.05, 0.1) is 0 Å². The van der Waals surface area contributed by atoms with Crippen molar-refractivity contribution in [3.05, 3.63) is 24.3 Å². The predicted molar refractivity (Wildman–Crippen MR) is 39.0 cm³/mol. The number of alkyl halides is 1. The van der Waals surface area contributed by atoms with E-state index in [0.717, 1.165) is 6.42 Å². The summed E-state index contributed by atoms with van der Waals surface area (Å²) in [7, 11) is 0. The molecule has 3 heteroatoms. The summed E-state index contributed by atoms with van der Waals surface area (Å²) in [4.78, 5) is 7.82. The van der Waals surface area contributed by atoms with Gasteiger partial charge in [-0.25, -0.2) is 9.97 Å². The van der Waals surface area contributed by atoms with Crippen LogP contribution in [0.4, 0.5) is 0 Å². The van der Waals surface area contributed by atoms with Crippen LogP contribution in [0.25, 0.3) is 0 Å². The minimum absolute atomic E-state index is 0.325. The van der Waals surface area contributed by atoms with Gasteiger partial charge in [0, 0.05) is 23.7 Å². The van der Waals surface area contributed by atoms with E-state index in [1.807, 2.05) is 12.4 Å². The largest absolute Gasteiger partial charge is 0.245 e. The highest BCUT2D eigenvalue weighted by Gasteiger charge is 2.36. The molecule has 0 N–H and O–H groups in total. The molecule has 2 rings (SSSR count). The van der Waals surface area contributed by atoms with Gasteiger partial charge in [-0.05, 0) is 12.0 Å². The lowest BCUT2D eigenvalue weighted by Gasteiger charge is -1.92. The molecule has 2 nitrogen and oxygen atoms in total. The molecule has 1 saturated carbocycles. The van der Waals surface area contributed by atoms with E-state index < -0.39 is 0 Å². The maximum absolute atomic E-state index is 5.83. The van der Waals surface area contributed by atoms with Crippen LogP contribution in [-0.4, -0.2) is 15.3 Å². The zero-order valence-electron chi connectivity index (χ0n) is 5.37.